The Morgan fingerprint density at radius 1 is 0.944 bits per heavy atom. The highest BCUT2D eigenvalue weighted by atomic mass is 32.2. The summed E-state index contributed by atoms with van der Waals surface area (Å²) >= 11 is 0. The van der Waals surface area contributed by atoms with Gasteiger partial charge in [-0.3, -0.25) is 0 Å². The van der Waals surface area contributed by atoms with E-state index in [-0.39, 0.29) is 17.4 Å². The Balaban J connectivity index is 1.35. The van der Waals surface area contributed by atoms with Crippen LogP contribution in [0.15, 0.2) is 89.9 Å². The molecular weight excluding hydrogens is 474 g/mol. The lowest BCUT2D eigenvalue weighted by atomic mass is 9.96. The number of carbonyl (C=O) groups excluding carboxylic acids is 1. The van der Waals surface area contributed by atoms with Crippen molar-refractivity contribution in [3.8, 4) is 5.69 Å². The minimum Gasteiger partial charge on any atom is -0.448 e. The van der Waals surface area contributed by atoms with E-state index in [0.717, 1.165) is 28.2 Å². The van der Waals surface area contributed by atoms with E-state index in [1.807, 2.05) is 59.7 Å². The summed E-state index contributed by atoms with van der Waals surface area (Å²) in [5, 5.41) is 4.76. The smallest absolute Gasteiger partial charge is 0.421 e. The lowest BCUT2D eigenvalue weighted by molar-refractivity contribution is 0.154. The molecule has 0 fully saturated rings. The van der Waals surface area contributed by atoms with E-state index in [1.165, 1.54) is 17.7 Å². The van der Waals surface area contributed by atoms with E-state index in [2.05, 4.69) is 31.2 Å². The molecule has 1 aliphatic carbocycles. The highest BCUT2D eigenvalue weighted by molar-refractivity contribution is 7.90. The maximum atomic E-state index is 12.3. The monoisotopic (exact) mass is 503 g/mol. The minimum atomic E-state index is -3.97. The van der Waals surface area contributed by atoms with E-state index in [9.17, 15) is 13.2 Å². The van der Waals surface area contributed by atoms with Gasteiger partial charge in [0.2, 0.25) is 0 Å². The topological polar surface area (TPSA) is 90.3 Å². The number of allylic oxidation sites excluding steroid dienone is 6. The second kappa shape index (κ2) is 10.8. The van der Waals surface area contributed by atoms with Crippen LogP contribution in [-0.4, -0.2) is 30.9 Å². The third-order valence-electron chi connectivity index (χ3n) is 6.00. The Kier molecular flexibility index (Phi) is 7.55. The summed E-state index contributed by atoms with van der Waals surface area (Å²) in [5.41, 5.74) is 6.07. The number of benzene rings is 2. The Morgan fingerprint density at radius 3 is 2.22 bits per heavy atom. The molecule has 4 rings (SSSR count). The van der Waals surface area contributed by atoms with Crippen molar-refractivity contribution < 1.29 is 17.9 Å². The van der Waals surface area contributed by atoms with Crippen molar-refractivity contribution in [1.29, 1.82) is 0 Å². The SMILES string of the molecule is Cc1ccc(S(=O)(=O)NC(=O)OCCc2ccc(-n3nc(C)c(C4C=CC=CC=C4)c3C)cc2)cc1. The molecule has 186 valence electrons. The van der Waals surface area contributed by atoms with Crippen molar-refractivity contribution in [3.05, 3.63) is 113 Å². The van der Waals surface area contributed by atoms with Crippen LogP contribution in [0, 0.1) is 20.8 Å². The van der Waals surface area contributed by atoms with Crippen LogP contribution in [0.4, 0.5) is 4.79 Å². The summed E-state index contributed by atoms with van der Waals surface area (Å²) in [6, 6.07) is 14.1. The van der Waals surface area contributed by atoms with Gasteiger partial charge in [-0.05, 0) is 50.6 Å². The molecule has 1 heterocycles. The maximum absolute atomic E-state index is 12.3. The second-order valence-electron chi connectivity index (χ2n) is 8.65. The van der Waals surface area contributed by atoms with Crippen LogP contribution in [0.25, 0.3) is 5.69 Å². The van der Waals surface area contributed by atoms with Crippen molar-refractivity contribution in [3.63, 3.8) is 0 Å². The molecule has 7 nitrogen and oxygen atoms in total. The Bertz CT molecular complexity index is 1420. The summed E-state index contributed by atoms with van der Waals surface area (Å²) in [6.45, 7) is 5.99. The first-order valence-electron chi connectivity index (χ1n) is 11.7. The zero-order valence-electron chi connectivity index (χ0n) is 20.5. The lowest BCUT2D eigenvalue weighted by Gasteiger charge is -2.10. The van der Waals surface area contributed by atoms with E-state index in [4.69, 9.17) is 9.84 Å². The lowest BCUT2D eigenvalue weighted by Crippen LogP contribution is -2.31. The highest BCUT2D eigenvalue weighted by Gasteiger charge is 2.19. The molecule has 0 saturated heterocycles. The maximum Gasteiger partial charge on any atom is 0.421 e. The summed E-state index contributed by atoms with van der Waals surface area (Å²) < 4.78 is 33.6. The Hall–Kier alpha value is -3.91. The molecule has 0 bridgehead atoms. The number of rotatable bonds is 7. The summed E-state index contributed by atoms with van der Waals surface area (Å²) in [4.78, 5) is 12.0. The number of nitrogens with zero attached hydrogens (tertiary/aromatic N) is 2. The fourth-order valence-corrected chi connectivity index (χ4v) is 5.01. The minimum absolute atomic E-state index is 0.00991. The first kappa shape index (κ1) is 25.2. The van der Waals surface area contributed by atoms with Crippen LogP contribution in [0.2, 0.25) is 0 Å². The number of carbonyl (C=O) groups is 1. The van der Waals surface area contributed by atoms with Crippen molar-refractivity contribution in [2.24, 2.45) is 0 Å². The molecule has 0 spiro atoms. The molecule has 1 aliphatic rings. The van der Waals surface area contributed by atoms with Crippen LogP contribution in [0.1, 0.15) is 34.0 Å². The van der Waals surface area contributed by atoms with Gasteiger partial charge >= 0.3 is 6.09 Å². The average molecular weight is 504 g/mol. The first-order chi connectivity index (χ1) is 17.2. The predicted octanol–water partition coefficient (Wildman–Crippen LogP) is 5.22. The highest BCUT2D eigenvalue weighted by Crippen LogP contribution is 2.28. The van der Waals surface area contributed by atoms with Crippen LogP contribution in [-0.2, 0) is 21.2 Å². The van der Waals surface area contributed by atoms with Crippen LogP contribution < -0.4 is 4.72 Å². The van der Waals surface area contributed by atoms with Gasteiger partial charge in [-0.2, -0.15) is 5.10 Å². The quantitative estimate of drug-likeness (QED) is 0.477. The van der Waals surface area contributed by atoms with Crippen molar-refractivity contribution >= 4 is 16.1 Å². The van der Waals surface area contributed by atoms with Crippen LogP contribution in [0.5, 0.6) is 0 Å². The van der Waals surface area contributed by atoms with E-state index in [1.54, 1.807) is 12.1 Å². The standard InChI is InChI=1S/C28H29N3O4S/c1-20-10-16-26(17-11-20)36(33,34)30-28(32)35-19-18-23-12-14-25(15-13-23)31-22(3)27(21(2)29-31)24-8-6-4-5-7-9-24/h4-17,24H,18-19H2,1-3H3,(H,30,32). The van der Waals surface area contributed by atoms with Crippen molar-refractivity contribution in [1.82, 2.24) is 14.5 Å². The van der Waals surface area contributed by atoms with Gasteiger partial charge in [-0.15, -0.1) is 0 Å². The zero-order chi connectivity index (χ0) is 25.7. The van der Waals surface area contributed by atoms with Gasteiger partial charge in [-0.25, -0.2) is 22.6 Å². The van der Waals surface area contributed by atoms with Gasteiger partial charge < -0.3 is 4.74 Å². The summed E-state index contributed by atoms with van der Waals surface area (Å²) in [6.07, 6.45) is 11.9. The van der Waals surface area contributed by atoms with Crippen LogP contribution >= 0.6 is 0 Å². The van der Waals surface area contributed by atoms with Gasteiger partial charge in [0.25, 0.3) is 10.0 Å². The third-order valence-corrected chi connectivity index (χ3v) is 7.33. The van der Waals surface area contributed by atoms with Gasteiger partial charge in [0.05, 0.1) is 22.9 Å². The number of nitrogens with one attached hydrogen (secondary N) is 1. The molecule has 0 aliphatic heterocycles. The summed E-state index contributed by atoms with van der Waals surface area (Å²) in [5.74, 6) is 0.172. The van der Waals surface area contributed by atoms with Crippen LogP contribution in [0.3, 0.4) is 0 Å². The molecule has 0 unspecified atom stereocenters. The zero-order valence-corrected chi connectivity index (χ0v) is 21.3. The number of aryl methyl sites for hydroxylation is 2. The number of aromatic nitrogens is 2. The molecule has 36 heavy (non-hydrogen) atoms. The molecule has 1 N–H and O–H groups in total. The molecule has 0 saturated carbocycles. The largest absolute Gasteiger partial charge is 0.448 e. The number of sulfonamides is 1. The molecule has 8 heteroatoms. The fourth-order valence-electron chi connectivity index (χ4n) is 4.12. The molecule has 3 aromatic rings. The third kappa shape index (κ3) is 5.83. The van der Waals surface area contributed by atoms with E-state index < -0.39 is 16.1 Å². The molecule has 0 atom stereocenters. The Morgan fingerprint density at radius 2 is 1.58 bits per heavy atom. The van der Waals surface area contributed by atoms with Gasteiger partial charge in [0, 0.05) is 23.6 Å². The van der Waals surface area contributed by atoms with E-state index >= 15 is 0 Å². The summed E-state index contributed by atoms with van der Waals surface area (Å²) in [7, 11) is -3.97. The molecule has 0 radical (unpaired) electrons. The predicted molar refractivity (Wildman–Crippen MR) is 140 cm³/mol. The number of ether oxygens (including phenoxy) is 1. The molecular formula is C28H29N3O4S. The number of amides is 1. The molecule has 1 amide bonds. The molecule has 1 aromatic heterocycles. The van der Waals surface area contributed by atoms with E-state index in [0.29, 0.717) is 6.42 Å². The number of hydrogen-bond donors (Lipinski definition) is 1. The van der Waals surface area contributed by atoms with Gasteiger partial charge in [0.15, 0.2) is 0 Å². The molecule has 2 aromatic carbocycles. The van der Waals surface area contributed by atoms with Crippen molar-refractivity contribution in [2.45, 2.75) is 38.0 Å². The van der Waals surface area contributed by atoms with Crippen molar-refractivity contribution in [2.75, 3.05) is 6.61 Å². The normalized spacial score (nSPS) is 13.5. The first-order valence-corrected chi connectivity index (χ1v) is 13.2. The Labute approximate surface area is 211 Å². The van der Waals surface area contributed by atoms with Gasteiger partial charge in [-0.1, -0.05) is 66.3 Å². The average Bonchev–Trinajstić information content (AvgIpc) is 3.00. The number of hydrogen-bond acceptors (Lipinski definition) is 5. The fraction of sp³-hybridized carbons (Fsp3) is 0.214. The van der Waals surface area contributed by atoms with Gasteiger partial charge in [0.1, 0.15) is 0 Å². The second-order valence-corrected chi connectivity index (χ2v) is 10.3.